The van der Waals surface area contributed by atoms with Crippen molar-refractivity contribution >= 4 is 81.0 Å². The molecule has 0 atom stereocenters. The van der Waals surface area contributed by atoms with E-state index in [1.54, 1.807) is 30.3 Å². The molecule has 58 heavy (non-hydrogen) atoms. The number of Topliss-reactive ketones (excluding diaryl/α,β-unsaturated/α-hetero) is 1. The number of hydrogen-bond acceptors (Lipinski definition) is 8. The maximum Gasteiger partial charge on any atom is 0.301 e. The number of carbonyl (C=O) groups excluding carboxylic acids is 3. The number of ether oxygens (including phenoxy) is 1. The van der Waals surface area contributed by atoms with Gasteiger partial charge in [-0.2, -0.15) is 5.01 Å². The summed E-state index contributed by atoms with van der Waals surface area (Å²) in [5.74, 6) is -0.877. The Hall–Kier alpha value is -4.74. The highest BCUT2D eigenvalue weighted by molar-refractivity contribution is 6.72. The van der Waals surface area contributed by atoms with Crippen LogP contribution in [-0.2, 0) is 26.8 Å². The Morgan fingerprint density at radius 3 is 2.26 bits per heavy atom. The number of amides is 2. The molecule has 2 N–H and O–H groups in total. The van der Waals surface area contributed by atoms with Gasteiger partial charge in [-0.25, -0.2) is 4.99 Å². The number of aryl methyl sites for hydroxylation is 1. The van der Waals surface area contributed by atoms with Crippen molar-refractivity contribution in [3.8, 4) is 5.75 Å². The van der Waals surface area contributed by atoms with E-state index >= 15 is 0 Å². The summed E-state index contributed by atoms with van der Waals surface area (Å²) >= 11 is 19.1. The number of likely N-dealkylation sites (N-methyl/N-ethyl adjacent to an activating group) is 1. The summed E-state index contributed by atoms with van der Waals surface area (Å²) in [6, 6.07) is 21.2. The monoisotopic (exact) mass is 845 g/mol. The molecule has 0 fully saturated rings. The predicted molar refractivity (Wildman–Crippen MR) is 236 cm³/mol. The Morgan fingerprint density at radius 1 is 0.931 bits per heavy atom. The number of carbonyl (C=O) groups is 3. The summed E-state index contributed by atoms with van der Waals surface area (Å²) in [6.07, 6.45) is 1.92. The number of aliphatic hydroxyl groups is 1. The van der Waals surface area contributed by atoms with Crippen LogP contribution in [0.2, 0.25) is 15.1 Å². The molecule has 0 saturated carbocycles. The van der Waals surface area contributed by atoms with Crippen molar-refractivity contribution in [2.24, 2.45) is 10.1 Å². The largest absolute Gasteiger partial charge is 0.486 e. The number of anilines is 2. The molecule has 2 amide bonds. The number of nitrogens with zero attached hydrogens (tertiary/aromatic N) is 4. The lowest BCUT2D eigenvalue weighted by Crippen LogP contribution is -2.37. The molecule has 5 rings (SSSR count). The Balaban J connectivity index is 1.38. The van der Waals surface area contributed by atoms with Crippen LogP contribution in [0.1, 0.15) is 87.0 Å². The molecule has 0 radical (unpaired) electrons. The number of aliphatic imine (C=N–C) groups is 1. The lowest BCUT2D eigenvalue weighted by Gasteiger charge is -2.30. The summed E-state index contributed by atoms with van der Waals surface area (Å²) in [4.78, 5) is 47.7. The van der Waals surface area contributed by atoms with Crippen LogP contribution in [0.5, 0.6) is 5.75 Å². The number of hydrazone groups is 1. The number of rotatable bonds is 15. The van der Waals surface area contributed by atoms with Crippen LogP contribution in [0.4, 0.5) is 17.1 Å². The molecule has 0 spiro atoms. The molecule has 0 unspecified atom stereocenters. The van der Waals surface area contributed by atoms with Crippen molar-refractivity contribution in [3.63, 3.8) is 0 Å². The normalized spacial score (nSPS) is 13.9. The smallest absolute Gasteiger partial charge is 0.301 e. The average Bonchev–Trinajstić information content (AvgIpc) is 3.47. The van der Waals surface area contributed by atoms with Gasteiger partial charge in [-0.05, 0) is 95.8 Å². The molecule has 0 saturated heterocycles. The molecule has 4 aromatic rings. The zero-order chi connectivity index (χ0) is 42.5. The number of benzene rings is 4. The first kappa shape index (κ1) is 44.4. The highest BCUT2D eigenvalue weighted by Gasteiger charge is 2.37. The molecule has 0 bridgehead atoms. The molecule has 1 aliphatic heterocycles. The van der Waals surface area contributed by atoms with Gasteiger partial charge in [-0.1, -0.05) is 101 Å². The number of ketones is 1. The molecule has 1 aliphatic rings. The first-order valence-electron chi connectivity index (χ1n) is 19.2. The second kappa shape index (κ2) is 18.5. The van der Waals surface area contributed by atoms with E-state index in [9.17, 15) is 19.5 Å². The van der Waals surface area contributed by atoms with E-state index in [2.05, 4.69) is 69.1 Å². The molecule has 0 aromatic heterocycles. The molecule has 10 nitrogen and oxygen atoms in total. The van der Waals surface area contributed by atoms with Gasteiger partial charge in [0, 0.05) is 41.9 Å². The first-order chi connectivity index (χ1) is 27.4. The number of aliphatic hydroxyl groups excluding tert-OH is 1. The third kappa shape index (κ3) is 10.1. The van der Waals surface area contributed by atoms with Crippen LogP contribution >= 0.6 is 34.8 Å². The van der Waals surface area contributed by atoms with E-state index < -0.39 is 11.8 Å². The van der Waals surface area contributed by atoms with E-state index in [1.807, 2.05) is 37.1 Å². The van der Waals surface area contributed by atoms with Gasteiger partial charge in [0.15, 0.2) is 17.3 Å². The fourth-order valence-electron chi connectivity index (χ4n) is 6.31. The Labute approximate surface area is 355 Å². The molecule has 0 aliphatic carbocycles. The lowest BCUT2D eigenvalue weighted by atomic mass is 9.76. The van der Waals surface area contributed by atoms with E-state index in [4.69, 9.17) is 39.5 Å². The van der Waals surface area contributed by atoms with Crippen LogP contribution in [0.15, 0.2) is 82.9 Å². The fraction of sp³-hybridized carbons (Fsp3) is 0.356. The van der Waals surface area contributed by atoms with Gasteiger partial charge in [-0.15, -0.1) is 5.10 Å². The van der Waals surface area contributed by atoms with Crippen molar-refractivity contribution in [3.05, 3.63) is 116 Å². The molecular formula is C45H50Cl3N5O5. The molecule has 1 heterocycles. The van der Waals surface area contributed by atoms with Gasteiger partial charge < -0.3 is 20.1 Å². The molecule has 306 valence electrons. The van der Waals surface area contributed by atoms with Crippen LogP contribution in [0, 0.1) is 6.92 Å². The van der Waals surface area contributed by atoms with Crippen molar-refractivity contribution < 1.29 is 24.2 Å². The van der Waals surface area contributed by atoms with Crippen molar-refractivity contribution in [2.45, 2.75) is 78.6 Å². The van der Waals surface area contributed by atoms with Crippen LogP contribution in [0.3, 0.4) is 0 Å². The third-order valence-corrected chi connectivity index (χ3v) is 11.6. The Morgan fingerprint density at radius 2 is 1.62 bits per heavy atom. The van der Waals surface area contributed by atoms with Gasteiger partial charge in [0.05, 0.1) is 22.3 Å². The standard InChI is InChI=1S/C45H50Cl3N5O5/c1-9-44(4,5)30-14-17-38(34(23-30)45(6,7)10-2)58-26-33(55)22-28-12-11-13-29(21-28)42(56)50-41-39(49-37-16-15-32(20-27(37)3)52(8)18-19-54)43(57)53(51-41)40-35(47)24-31(46)25-36(40)48/h11-17,20-21,23-25,54H,9-10,18-19,22,26H2,1-8H3,(H,50,51,56). The lowest BCUT2D eigenvalue weighted by molar-refractivity contribution is -0.120. The fourth-order valence-corrected chi connectivity index (χ4v) is 7.29. The first-order valence-corrected chi connectivity index (χ1v) is 20.3. The highest BCUT2D eigenvalue weighted by atomic mass is 35.5. The molecule has 4 aromatic carbocycles. The maximum atomic E-state index is 14.0. The predicted octanol–water partition coefficient (Wildman–Crippen LogP) is 9.81. The van der Waals surface area contributed by atoms with Crippen LogP contribution in [0.25, 0.3) is 0 Å². The Bertz CT molecular complexity index is 2260. The van der Waals surface area contributed by atoms with Gasteiger partial charge in [0.25, 0.3) is 5.91 Å². The van der Waals surface area contributed by atoms with E-state index in [0.717, 1.165) is 34.7 Å². The number of nitrogens with one attached hydrogen (secondary N) is 1. The quantitative estimate of drug-likeness (QED) is 0.123. The second-order valence-corrected chi connectivity index (χ2v) is 17.0. The summed E-state index contributed by atoms with van der Waals surface area (Å²) in [6.45, 7) is 15.2. The minimum atomic E-state index is -0.684. The van der Waals surface area contributed by atoms with Crippen LogP contribution in [-0.4, -0.2) is 61.1 Å². The van der Waals surface area contributed by atoms with E-state index in [0.29, 0.717) is 23.5 Å². The zero-order valence-corrected chi connectivity index (χ0v) is 36.4. The van der Waals surface area contributed by atoms with E-state index in [1.165, 1.54) is 17.7 Å². The van der Waals surface area contributed by atoms with Crippen molar-refractivity contribution in [1.29, 1.82) is 0 Å². The summed E-state index contributed by atoms with van der Waals surface area (Å²) < 4.78 is 6.17. The summed E-state index contributed by atoms with van der Waals surface area (Å²) in [5.41, 5.74) is 4.91. The summed E-state index contributed by atoms with van der Waals surface area (Å²) in [7, 11) is 1.85. The molecule has 13 heteroatoms. The maximum absolute atomic E-state index is 14.0. The third-order valence-electron chi connectivity index (χ3n) is 10.8. The van der Waals surface area contributed by atoms with E-state index in [-0.39, 0.29) is 74.1 Å². The topological polar surface area (TPSA) is 124 Å². The van der Waals surface area contributed by atoms with Gasteiger partial charge in [-0.3, -0.25) is 14.4 Å². The highest BCUT2D eigenvalue weighted by Crippen LogP contribution is 2.40. The van der Waals surface area contributed by atoms with Crippen molar-refractivity contribution in [1.82, 2.24) is 5.32 Å². The zero-order valence-electron chi connectivity index (χ0n) is 34.2. The minimum absolute atomic E-state index is 0.000141. The van der Waals surface area contributed by atoms with Gasteiger partial charge in [0.2, 0.25) is 0 Å². The second-order valence-electron chi connectivity index (χ2n) is 15.7. The number of hydrogen-bond donors (Lipinski definition) is 2. The Kier molecular flexibility index (Phi) is 14.1. The minimum Gasteiger partial charge on any atom is -0.486 e. The SMILES string of the molecule is CCC(C)(C)c1ccc(OCC(=O)Cc2cccc(C(=O)NC3=NN(c4c(Cl)cc(Cl)cc4Cl)C(=O)C3=Nc3ccc(N(C)CCO)cc3C)c2)c(C(C)(C)CC)c1. The van der Waals surface area contributed by atoms with Crippen LogP contribution < -0.4 is 20.0 Å². The molecular weight excluding hydrogens is 797 g/mol. The van der Waals surface area contributed by atoms with Gasteiger partial charge >= 0.3 is 5.91 Å². The summed E-state index contributed by atoms with van der Waals surface area (Å²) in [5, 5.41) is 17.9. The van der Waals surface area contributed by atoms with Crippen molar-refractivity contribution in [2.75, 3.05) is 36.7 Å². The number of amidine groups is 1. The number of halogens is 3. The van der Waals surface area contributed by atoms with Gasteiger partial charge in [0.1, 0.15) is 18.0 Å². The average molecular weight is 847 g/mol.